The predicted molar refractivity (Wildman–Crippen MR) is 56.2 cm³/mol. The van der Waals surface area contributed by atoms with Gasteiger partial charge in [-0.3, -0.25) is 4.98 Å². The highest BCUT2D eigenvalue weighted by Gasteiger charge is 2.11. The molecule has 2 nitrogen and oxygen atoms in total. The van der Waals surface area contributed by atoms with Crippen LogP contribution in [0.5, 0.6) is 0 Å². The summed E-state index contributed by atoms with van der Waals surface area (Å²) >= 11 is 5.99. The van der Waals surface area contributed by atoms with E-state index in [1.165, 1.54) is 12.3 Å². The third kappa shape index (κ3) is 1.43. The molecule has 0 atom stereocenters. The first kappa shape index (κ1) is 9.88. The minimum atomic E-state index is -0.429. The van der Waals surface area contributed by atoms with Gasteiger partial charge in [0.05, 0.1) is 10.6 Å². The van der Waals surface area contributed by atoms with Crippen molar-refractivity contribution in [3.8, 4) is 6.07 Å². The first-order chi connectivity index (χ1) is 7.15. The molecule has 0 radical (unpaired) electrons. The van der Waals surface area contributed by atoms with Crippen molar-refractivity contribution in [1.29, 1.82) is 5.26 Å². The molecule has 0 saturated carbocycles. The molecule has 0 amide bonds. The maximum Gasteiger partial charge on any atom is 0.149 e. The van der Waals surface area contributed by atoms with Crippen LogP contribution in [0.15, 0.2) is 18.3 Å². The Hall–Kier alpha value is -1.66. The van der Waals surface area contributed by atoms with Crippen LogP contribution in [0.3, 0.4) is 0 Å². The van der Waals surface area contributed by atoms with Gasteiger partial charge in [0, 0.05) is 11.6 Å². The fraction of sp³-hybridized carbons (Fsp3) is 0.0909. The van der Waals surface area contributed by atoms with Gasteiger partial charge in [0.1, 0.15) is 17.4 Å². The molecule has 0 aliphatic rings. The molecule has 15 heavy (non-hydrogen) atoms. The van der Waals surface area contributed by atoms with Gasteiger partial charge >= 0.3 is 0 Å². The lowest BCUT2D eigenvalue weighted by Gasteiger charge is -2.05. The van der Waals surface area contributed by atoms with E-state index in [1.807, 2.05) is 6.07 Å². The molecular formula is C11H6ClFN2. The van der Waals surface area contributed by atoms with E-state index >= 15 is 0 Å². The molecule has 1 aromatic carbocycles. The molecule has 4 heteroatoms. The number of hydrogen-bond acceptors (Lipinski definition) is 2. The summed E-state index contributed by atoms with van der Waals surface area (Å²) in [6.07, 6.45) is 1.28. The van der Waals surface area contributed by atoms with Crippen LogP contribution in [0.2, 0.25) is 5.02 Å². The monoisotopic (exact) mass is 220 g/mol. The molecule has 1 heterocycles. The maximum absolute atomic E-state index is 13.4. The van der Waals surface area contributed by atoms with Crippen molar-refractivity contribution in [2.45, 2.75) is 6.92 Å². The molecule has 0 unspecified atom stereocenters. The van der Waals surface area contributed by atoms with Gasteiger partial charge in [-0.2, -0.15) is 5.26 Å². The highest BCUT2D eigenvalue weighted by Crippen LogP contribution is 2.29. The number of halogens is 2. The second-order valence-electron chi connectivity index (χ2n) is 3.19. The van der Waals surface area contributed by atoms with Gasteiger partial charge in [0.25, 0.3) is 0 Å². The highest BCUT2D eigenvalue weighted by molar-refractivity contribution is 6.36. The molecule has 2 aromatic rings. The Morgan fingerprint density at radius 3 is 2.87 bits per heavy atom. The molecule has 0 fully saturated rings. The van der Waals surface area contributed by atoms with E-state index in [4.69, 9.17) is 16.9 Å². The lowest BCUT2D eigenvalue weighted by Crippen LogP contribution is -1.91. The lowest BCUT2D eigenvalue weighted by molar-refractivity contribution is 0.636. The summed E-state index contributed by atoms with van der Waals surface area (Å²) < 4.78 is 13.4. The molecule has 0 saturated heterocycles. The van der Waals surface area contributed by atoms with E-state index in [0.29, 0.717) is 5.39 Å². The Labute approximate surface area is 90.9 Å². The maximum atomic E-state index is 13.4. The summed E-state index contributed by atoms with van der Waals surface area (Å²) in [5.41, 5.74) is 1.28. The Morgan fingerprint density at radius 2 is 2.20 bits per heavy atom. The molecule has 2 rings (SSSR count). The van der Waals surface area contributed by atoms with E-state index in [9.17, 15) is 4.39 Å². The Morgan fingerprint density at radius 1 is 1.47 bits per heavy atom. The number of aromatic nitrogens is 1. The van der Waals surface area contributed by atoms with Gasteiger partial charge in [-0.25, -0.2) is 4.39 Å². The van der Waals surface area contributed by atoms with Crippen LogP contribution in [0.1, 0.15) is 11.1 Å². The average molecular weight is 221 g/mol. The van der Waals surface area contributed by atoms with Crippen molar-refractivity contribution >= 4 is 22.5 Å². The molecule has 1 aromatic heterocycles. The van der Waals surface area contributed by atoms with Crippen molar-refractivity contribution < 1.29 is 4.39 Å². The Balaban J connectivity index is 3.00. The standard InChI is InChI=1S/C11H6ClFN2/c1-6-2-3-8(13)11-9(6)10(12)7(4-14)5-15-11/h2-3,5H,1H3. The summed E-state index contributed by atoms with van der Waals surface area (Å²) in [5, 5.41) is 9.54. The summed E-state index contributed by atoms with van der Waals surface area (Å²) in [7, 11) is 0. The second kappa shape index (κ2) is 3.48. The zero-order valence-corrected chi connectivity index (χ0v) is 8.64. The zero-order valence-electron chi connectivity index (χ0n) is 7.88. The van der Waals surface area contributed by atoms with E-state index in [-0.39, 0.29) is 16.1 Å². The zero-order chi connectivity index (χ0) is 11.0. The van der Waals surface area contributed by atoms with E-state index in [1.54, 1.807) is 13.0 Å². The molecule has 0 aliphatic carbocycles. The fourth-order valence-corrected chi connectivity index (χ4v) is 1.80. The number of nitrogens with zero attached hydrogens (tertiary/aromatic N) is 2. The van der Waals surface area contributed by atoms with Gasteiger partial charge in [0.15, 0.2) is 0 Å². The van der Waals surface area contributed by atoms with Crippen molar-refractivity contribution in [2.24, 2.45) is 0 Å². The van der Waals surface area contributed by atoms with Crippen LogP contribution < -0.4 is 0 Å². The van der Waals surface area contributed by atoms with Gasteiger partial charge < -0.3 is 0 Å². The number of aryl methyl sites for hydroxylation is 1. The number of nitriles is 1. The summed E-state index contributed by atoms with van der Waals surface area (Å²) in [6.45, 7) is 1.80. The minimum Gasteiger partial charge on any atom is -0.252 e. The van der Waals surface area contributed by atoms with E-state index in [2.05, 4.69) is 4.98 Å². The van der Waals surface area contributed by atoms with Gasteiger partial charge in [-0.1, -0.05) is 17.7 Å². The van der Waals surface area contributed by atoms with Crippen LogP contribution in [0.25, 0.3) is 10.9 Å². The third-order valence-corrected chi connectivity index (χ3v) is 2.63. The van der Waals surface area contributed by atoms with Crippen LogP contribution in [0.4, 0.5) is 4.39 Å². The van der Waals surface area contributed by atoms with Gasteiger partial charge in [-0.05, 0) is 18.6 Å². The SMILES string of the molecule is Cc1ccc(F)c2ncc(C#N)c(Cl)c12. The normalized spacial score (nSPS) is 10.3. The van der Waals surface area contributed by atoms with Crippen LogP contribution in [-0.4, -0.2) is 4.98 Å². The van der Waals surface area contributed by atoms with E-state index in [0.717, 1.165) is 5.56 Å². The van der Waals surface area contributed by atoms with Crippen molar-refractivity contribution in [3.05, 3.63) is 40.3 Å². The number of pyridine rings is 1. The molecule has 74 valence electrons. The second-order valence-corrected chi connectivity index (χ2v) is 3.56. The number of rotatable bonds is 0. The summed E-state index contributed by atoms with van der Waals surface area (Å²) in [5.74, 6) is -0.429. The minimum absolute atomic E-state index is 0.207. The van der Waals surface area contributed by atoms with Crippen molar-refractivity contribution in [1.82, 2.24) is 4.98 Å². The average Bonchev–Trinajstić information content (AvgIpc) is 2.23. The van der Waals surface area contributed by atoms with Gasteiger partial charge in [-0.15, -0.1) is 0 Å². The third-order valence-electron chi connectivity index (χ3n) is 2.24. The smallest absolute Gasteiger partial charge is 0.149 e. The Kier molecular flexibility index (Phi) is 2.29. The van der Waals surface area contributed by atoms with Crippen molar-refractivity contribution in [3.63, 3.8) is 0 Å². The van der Waals surface area contributed by atoms with Crippen LogP contribution in [-0.2, 0) is 0 Å². The predicted octanol–water partition coefficient (Wildman–Crippen LogP) is 3.21. The Bertz CT molecular complexity index is 587. The molecule has 0 aliphatic heterocycles. The summed E-state index contributed by atoms with van der Waals surface area (Å²) in [4.78, 5) is 3.89. The topological polar surface area (TPSA) is 36.7 Å². The quantitative estimate of drug-likeness (QED) is 0.684. The summed E-state index contributed by atoms with van der Waals surface area (Å²) in [6, 6.07) is 4.87. The molecule has 0 bridgehead atoms. The lowest BCUT2D eigenvalue weighted by atomic mass is 10.1. The fourth-order valence-electron chi connectivity index (χ4n) is 1.47. The number of benzene rings is 1. The highest BCUT2D eigenvalue weighted by atomic mass is 35.5. The van der Waals surface area contributed by atoms with E-state index < -0.39 is 5.82 Å². The largest absolute Gasteiger partial charge is 0.252 e. The number of hydrogen-bond donors (Lipinski definition) is 0. The first-order valence-electron chi connectivity index (χ1n) is 4.28. The van der Waals surface area contributed by atoms with Crippen LogP contribution >= 0.6 is 11.6 Å². The number of fused-ring (bicyclic) bond motifs is 1. The molecule has 0 spiro atoms. The van der Waals surface area contributed by atoms with Crippen LogP contribution in [0, 0.1) is 24.1 Å². The first-order valence-corrected chi connectivity index (χ1v) is 4.66. The molecular weight excluding hydrogens is 215 g/mol. The van der Waals surface area contributed by atoms with Gasteiger partial charge in [0.2, 0.25) is 0 Å². The van der Waals surface area contributed by atoms with Crippen molar-refractivity contribution in [2.75, 3.05) is 0 Å². The molecule has 0 N–H and O–H groups in total.